The molecule has 23 heavy (non-hydrogen) atoms. The maximum absolute atomic E-state index is 11.8. The Balaban J connectivity index is 2.60. The van der Waals surface area contributed by atoms with Gasteiger partial charge in [0.2, 0.25) is 11.2 Å². The first-order chi connectivity index (χ1) is 11.2. The van der Waals surface area contributed by atoms with E-state index in [2.05, 4.69) is 20.8 Å². The quantitative estimate of drug-likeness (QED) is 0.566. The molecule has 0 radical (unpaired) electrons. The second kappa shape index (κ2) is 8.23. The summed E-state index contributed by atoms with van der Waals surface area (Å²) in [6.07, 6.45) is 9.03. The van der Waals surface area contributed by atoms with Gasteiger partial charge in [0.05, 0.1) is 0 Å². The maximum atomic E-state index is 11.8. The van der Waals surface area contributed by atoms with Crippen molar-refractivity contribution >= 4 is 17.1 Å². The van der Waals surface area contributed by atoms with Gasteiger partial charge in [0, 0.05) is 5.56 Å². The highest BCUT2D eigenvalue weighted by Gasteiger charge is 2.28. The van der Waals surface area contributed by atoms with E-state index in [0.717, 1.165) is 63.4 Å². The van der Waals surface area contributed by atoms with Gasteiger partial charge in [-0.3, -0.25) is 9.15 Å². The van der Waals surface area contributed by atoms with Crippen LogP contribution < -0.4 is 0 Å². The Bertz CT molecular complexity index is 648. The Kier molecular flexibility index (Phi) is 6.31. The number of hydrogen-bond donors (Lipinski definition) is 1. The molecule has 1 aromatic carbocycles. The summed E-state index contributed by atoms with van der Waals surface area (Å²) in [6, 6.07) is 0. The number of carboxylic acid groups (broad SMARTS) is 1. The predicted molar refractivity (Wildman–Crippen MR) is 91.3 cm³/mol. The highest BCUT2D eigenvalue weighted by Crippen LogP contribution is 2.36. The van der Waals surface area contributed by atoms with Crippen molar-refractivity contribution in [1.82, 2.24) is 0 Å². The van der Waals surface area contributed by atoms with E-state index in [1.54, 1.807) is 0 Å². The lowest BCUT2D eigenvalue weighted by molar-refractivity contribution is 0.0529. The van der Waals surface area contributed by atoms with Crippen LogP contribution in [-0.2, 0) is 19.3 Å². The van der Waals surface area contributed by atoms with Crippen molar-refractivity contribution in [1.29, 1.82) is 0 Å². The number of carboxylic acids is 1. The van der Waals surface area contributed by atoms with E-state index >= 15 is 0 Å². The zero-order valence-corrected chi connectivity index (χ0v) is 14.5. The molecule has 2 rings (SSSR count). The first-order valence-electron chi connectivity index (χ1n) is 8.93. The van der Waals surface area contributed by atoms with Gasteiger partial charge in [0.1, 0.15) is 5.56 Å². The van der Waals surface area contributed by atoms with E-state index in [1.807, 2.05) is 0 Å². The fourth-order valence-electron chi connectivity index (χ4n) is 3.20. The van der Waals surface area contributed by atoms with E-state index in [4.69, 9.17) is 9.15 Å². The number of unbranched alkanes of at least 4 members (excludes halogenated alkanes) is 3. The van der Waals surface area contributed by atoms with Gasteiger partial charge in [0.15, 0.2) is 0 Å². The predicted octanol–water partition coefficient (Wildman–Crippen LogP) is 5.75. The van der Waals surface area contributed by atoms with Crippen LogP contribution in [0.2, 0.25) is 0 Å². The molecular weight excluding hydrogens is 292 g/mol. The third-order valence-electron chi connectivity index (χ3n) is 4.50. The number of fused-ring (bicyclic) bond motifs is 1. The number of aromatic carboxylic acids is 1. The van der Waals surface area contributed by atoms with Gasteiger partial charge in [-0.1, -0.05) is 40.0 Å². The third kappa shape index (κ3) is 3.62. The maximum Gasteiger partial charge on any atom is 0.340 e. The monoisotopic (exact) mass is 320 g/mol. The van der Waals surface area contributed by atoms with Crippen LogP contribution in [0, 0.1) is 0 Å². The van der Waals surface area contributed by atoms with Crippen molar-refractivity contribution in [3.8, 4) is 0 Å². The standard InChI is InChI=1S/C19H28O4/c1-4-7-10-13-14(11-8-5-2)16(19(20)21)18-17(22-23-18)15(13)12-9-6-3/h4-12H2,1-3H3,(H,20,21). The Morgan fingerprint density at radius 1 is 0.783 bits per heavy atom. The molecule has 0 bridgehead atoms. The molecule has 1 heterocycles. The summed E-state index contributed by atoms with van der Waals surface area (Å²) in [4.78, 5) is 11.8. The molecule has 0 unspecified atom stereocenters. The summed E-state index contributed by atoms with van der Waals surface area (Å²) in [7, 11) is 0. The van der Waals surface area contributed by atoms with Crippen molar-refractivity contribution in [2.24, 2.45) is 0 Å². The number of carbonyl (C=O) groups is 1. The fraction of sp³-hybridized carbons (Fsp3) is 0.632. The van der Waals surface area contributed by atoms with Crippen molar-refractivity contribution in [3.05, 3.63) is 22.3 Å². The Morgan fingerprint density at radius 3 is 1.70 bits per heavy atom. The molecule has 1 N–H and O–H groups in total. The highest BCUT2D eigenvalue weighted by molar-refractivity contribution is 6.03. The molecule has 0 aliphatic rings. The molecule has 0 aliphatic carbocycles. The average molecular weight is 320 g/mol. The Labute approximate surface area is 137 Å². The minimum atomic E-state index is -0.907. The van der Waals surface area contributed by atoms with Crippen molar-refractivity contribution in [2.75, 3.05) is 0 Å². The first kappa shape index (κ1) is 17.6. The zero-order valence-electron chi connectivity index (χ0n) is 14.5. The van der Waals surface area contributed by atoms with E-state index < -0.39 is 5.97 Å². The fourth-order valence-corrected chi connectivity index (χ4v) is 3.20. The van der Waals surface area contributed by atoms with Crippen molar-refractivity contribution < 1.29 is 19.1 Å². The van der Waals surface area contributed by atoms with Crippen LogP contribution in [0.25, 0.3) is 11.2 Å². The Hall–Kier alpha value is -1.71. The van der Waals surface area contributed by atoms with Crippen LogP contribution >= 0.6 is 0 Å². The van der Waals surface area contributed by atoms with E-state index in [-0.39, 0.29) is 0 Å². The van der Waals surface area contributed by atoms with Crippen LogP contribution in [0.15, 0.2) is 9.15 Å². The van der Waals surface area contributed by atoms with Crippen LogP contribution in [0.3, 0.4) is 0 Å². The Morgan fingerprint density at radius 2 is 1.26 bits per heavy atom. The second-order valence-electron chi connectivity index (χ2n) is 6.25. The molecule has 0 saturated carbocycles. The summed E-state index contributed by atoms with van der Waals surface area (Å²) in [5.74, 6) is -0.907. The minimum Gasteiger partial charge on any atom is -0.478 e. The summed E-state index contributed by atoms with van der Waals surface area (Å²) in [5.41, 5.74) is 4.79. The van der Waals surface area contributed by atoms with Crippen molar-refractivity contribution in [3.63, 3.8) is 0 Å². The van der Waals surface area contributed by atoms with Crippen LogP contribution in [0.1, 0.15) is 86.3 Å². The zero-order chi connectivity index (χ0) is 16.8. The summed E-state index contributed by atoms with van der Waals surface area (Å²) in [5, 5.41) is 9.69. The number of hydrogen-bond acceptors (Lipinski definition) is 3. The first-order valence-corrected chi connectivity index (χ1v) is 8.93. The van der Waals surface area contributed by atoms with Crippen molar-refractivity contribution in [2.45, 2.75) is 78.6 Å². The molecule has 2 aromatic rings. The van der Waals surface area contributed by atoms with Gasteiger partial charge >= 0.3 is 5.97 Å². The minimum absolute atomic E-state index is 0.325. The summed E-state index contributed by atoms with van der Waals surface area (Å²) < 4.78 is 10.3. The van der Waals surface area contributed by atoms with Crippen LogP contribution in [-0.4, -0.2) is 11.1 Å². The third-order valence-corrected chi connectivity index (χ3v) is 4.50. The molecule has 0 amide bonds. The van der Waals surface area contributed by atoms with Gasteiger partial charge in [0.25, 0.3) is 0 Å². The molecule has 0 aliphatic heterocycles. The van der Waals surface area contributed by atoms with Gasteiger partial charge in [-0.2, -0.15) is 0 Å². The highest BCUT2D eigenvalue weighted by atomic mass is 17.0. The van der Waals surface area contributed by atoms with Crippen LogP contribution in [0.5, 0.6) is 0 Å². The molecule has 128 valence electrons. The SMILES string of the molecule is CCCCc1c(CCCC)c(C(=O)O)c2ooc2c1CCCC. The lowest BCUT2D eigenvalue weighted by Crippen LogP contribution is -2.12. The molecule has 1 aromatic heterocycles. The van der Waals surface area contributed by atoms with Crippen LogP contribution in [0.4, 0.5) is 0 Å². The summed E-state index contributed by atoms with van der Waals surface area (Å²) in [6.45, 7) is 6.46. The smallest absolute Gasteiger partial charge is 0.340 e. The normalized spacial score (nSPS) is 11.4. The number of aryl methyl sites for hydroxylation is 1. The van der Waals surface area contributed by atoms with Gasteiger partial charge in [-0.05, 0) is 49.7 Å². The second-order valence-corrected chi connectivity index (χ2v) is 6.25. The molecular formula is C19H28O4. The van der Waals surface area contributed by atoms with E-state index in [0.29, 0.717) is 16.7 Å². The largest absolute Gasteiger partial charge is 0.478 e. The molecule has 0 atom stereocenters. The van der Waals surface area contributed by atoms with Gasteiger partial charge in [-0.15, -0.1) is 0 Å². The topological polar surface area (TPSA) is 63.6 Å². The van der Waals surface area contributed by atoms with Gasteiger partial charge < -0.3 is 5.11 Å². The number of rotatable bonds is 10. The molecule has 4 heteroatoms. The molecule has 0 spiro atoms. The van der Waals surface area contributed by atoms with E-state index in [1.165, 1.54) is 11.1 Å². The lowest BCUT2D eigenvalue weighted by atomic mass is 9.86. The lowest BCUT2D eigenvalue weighted by Gasteiger charge is -2.19. The van der Waals surface area contributed by atoms with Gasteiger partial charge in [-0.25, -0.2) is 4.79 Å². The molecule has 0 saturated heterocycles. The summed E-state index contributed by atoms with van der Waals surface area (Å²) >= 11 is 0. The average Bonchev–Trinajstić information content (AvgIpc) is 2.50. The number of benzene rings is 1. The molecule has 4 nitrogen and oxygen atoms in total. The molecule has 0 fully saturated rings. The van der Waals surface area contributed by atoms with E-state index in [9.17, 15) is 9.90 Å².